The Morgan fingerprint density at radius 1 is 1.55 bits per heavy atom. The van der Waals surface area contributed by atoms with Crippen molar-refractivity contribution >= 4 is 0 Å². The lowest BCUT2D eigenvalue weighted by Crippen LogP contribution is -2.33. The summed E-state index contributed by atoms with van der Waals surface area (Å²) in [7, 11) is 4.05. The van der Waals surface area contributed by atoms with Crippen LogP contribution in [-0.4, -0.2) is 38.1 Å². The van der Waals surface area contributed by atoms with Crippen LogP contribution in [0.5, 0.6) is 0 Å². The summed E-state index contributed by atoms with van der Waals surface area (Å²) in [6.45, 7) is 3.88. The number of hydrogen-bond donors (Lipinski definition) is 1. The Bertz CT molecular complexity index is 126. The second-order valence-corrected chi connectivity index (χ2v) is 2.85. The van der Waals surface area contributed by atoms with Crippen molar-refractivity contribution in [2.75, 3.05) is 27.2 Å². The molecule has 0 bridgehead atoms. The van der Waals surface area contributed by atoms with Crippen molar-refractivity contribution in [3.05, 3.63) is 0 Å². The van der Waals surface area contributed by atoms with Crippen LogP contribution in [0, 0.1) is 11.3 Å². The van der Waals surface area contributed by atoms with Gasteiger partial charge in [0.1, 0.15) is 0 Å². The minimum absolute atomic E-state index is 0.0231. The van der Waals surface area contributed by atoms with Gasteiger partial charge < -0.3 is 10.2 Å². The van der Waals surface area contributed by atoms with Gasteiger partial charge in [-0.15, -0.1) is 0 Å². The van der Waals surface area contributed by atoms with Gasteiger partial charge in [0.2, 0.25) is 0 Å². The molecule has 1 unspecified atom stereocenters. The average molecular weight is 155 g/mol. The van der Waals surface area contributed by atoms with Gasteiger partial charge in [0, 0.05) is 13.1 Å². The molecule has 0 saturated carbocycles. The van der Waals surface area contributed by atoms with Crippen molar-refractivity contribution in [3.63, 3.8) is 0 Å². The van der Waals surface area contributed by atoms with Gasteiger partial charge in [0.25, 0.3) is 0 Å². The van der Waals surface area contributed by atoms with Crippen LogP contribution in [0.2, 0.25) is 0 Å². The number of rotatable bonds is 5. The van der Waals surface area contributed by atoms with E-state index in [1.165, 1.54) is 0 Å². The van der Waals surface area contributed by atoms with Crippen LogP contribution in [0.1, 0.15) is 13.3 Å². The van der Waals surface area contributed by atoms with E-state index in [0.717, 1.165) is 19.5 Å². The van der Waals surface area contributed by atoms with Crippen LogP contribution < -0.4 is 5.32 Å². The van der Waals surface area contributed by atoms with Gasteiger partial charge in [0.05, 0.1) is 12.1 Å². The van der Waals surface area contributed by atoms with Crippen molar-refractivity contribution in [1.82, 2.24) is 10.2 Å². The molecule has 0 saturated heterocycles. The van der Waals surface area contributed by atoms with Gasteiger partial charge in [-0.1, -0.05) is 6.92 Å². The third-order valence-electron chi connectivity index (χ3n) is 1.51. The van der Waals surface area contributed by atoms with Crippen molar-refractivity contribution < 1.29 is 0 Å². The number of nitrogens with one attached hydrogen (secondary N) is 1. The van der Waals surface area contributed by atoms with Crippen LogP contribution in [0.3, 0.4) is 0 Å². The maximum atomic E-state index is 8.57. The van der Waals surface area contributed by atoms with Gasteiger partial charge in [-0.2, -0.15) is 5.26 Å². The summed E-state index contributed by atoms with van der Waals surface area (Å²) in [6, 6.07) is 2.22. The van der Waals surface area contributed by atoms with Gasteiger partial charge in [-0.25, -0.2) is 0 Å². The summed E-state index contributed by atoms with van der Waals surface area (Å²) < 4.78 is 0. The van der Waals surface area contributed by atoms with E-state index in [9.17, 15) is 0 Å². The Morgan fingerprint density at radius 3 is 2.55 bits per heavy atom. The molecule has 0 aliphatic heterocycles. The van der Waals surface area contributed by atoms with Crippen LogP contribution in [0.25, 0.3) is 0 Å². The third-order valence-corrected chi connectivity index (χ3v) is 1.51. The van der Waals surface area contributed by atoms with E-state index in [1.807, 2.05) is 21.0 Å². The smallest absolute Gasteiger partial charge is 0.0950 e. The zero-order valence-corrected chi connectivity index (χ0v) is 7.59. The Balaban J connectivity index is 3.30. The van der Waals surface area contributed by atoms with E-state index in [2.05, 4.69) is 16.3 Å². The zero-order chi connectivity index (χ0) is 8.69. The molecule has 0 aromatic heterocycles. The molecule has 0 rings (SSSR count). The standard InChI is InChI=1S/C8H17N3/c1-4-8(7-9)10-5-6-11(2)3/h8,10H,4-6H2,1-3H3. The maximum absolute atomic E-state index is 8.57. The summed E-state index contributed by atoms with van der Waals surface area (Å²) >= 11 is 0. The summed E-state index contributed by atoms with van der Waals surface area (Å²) in [5.41, 5.74) is 0. The van der Waals surface area contributed by atoms with Gasteiger partial charge in [0.15, 0.2) is 0 Å². The lowest BCUT2D eigenvalue weighted by atomic mass is 10.2. The lowest BCUT2D eigenvalue weighted by Gasteiger charge is -2.12. The highest BCUT2D eigenvalue weighted by Crippen LogP contribution is 1.86. The first kappa shape index (κ1) is 10.4. The summed E-state index contributed by atoms with van der Waals surface area (Å²) in [4.78, 5) is 2.09. The fourth-order valence-electron chi connectivity index (χ4n) is 0.744. The maximum Gasteiger partial charge on any atom is 0.0950 e. The quantitative estimate of drug-likeness (QED) is 0.626. The van der Waals surface area contributed by atoms with E-state index < -0.39 is 0 Å². The van der Waals surface area contributed by atoms with E-state index >= 15 is 0 Å². The molecule has 0 heterocycles. The Kier molecular flexibility index (Phi) is 5.81. The number of hydrogen-bond acceptors (Lipinski definition) is 3. The molecule has 0 spiro atoms. The summed E-state index contributed by atoms with van der Waals surface area (Å²) in [5, 5.41) is 11.7. The van der Waals surface area contributed by atoms with E-state index in [0.29, 0.717) is 0 Å². The molecule has 0 radical (unpaired) electrons. The predicted molar refractivity (Wildman–Crippen MR) is 46.2 cm³/mol. The average Bonchev–Trinajstić information content (AvgIpc) is 1.98. The first-order chi connectivity index (χ1) is 5.20. The zero-order valence-electron chi connectivity index (χ0n) is 7.59. The molecule has 1 atom stereocenters. The van der Waals surface area contributed by atoms with Gasteiger partial charge in [-0.05, 0) is 20.5 Å². The predicted octanol–water partition coefficient (Wildman–Crippen LogP) is 0.440. The SMILES string of the molecule is CCC(C#N)NCCN(C)C. The first-order valence-corrected chi connectivity index (χ1v) is 3.98. The molecule has 0 aromatic rings. The highest BCUT2D eigenvalue weighted by atomic mass is 15.1. The molecular formula is C8H17N3. The Labute approximate surface area is 69.0 Å². The van der Waals surface area contributed by atoms with Gasteiger partial charge in [-0.3, -0.25) is 0 Å². The van der Waals surface area contributed by atoms with E-state index in [-0.39, 0.29) is 6.04 Å². The van der Waals surface area contributed by atoms with Crippen LogP contribution in [0.4, 0.5) is 0 Å². The molecule has 0 aromatic carbocycles. The molecule has 11 heavy (non-hydrogen) atoms. The largest absolute Gasteiger partial charge is 0.308 e. The second-order valence-electron chi connectivity index (χ2n) is 2.85. The van der Waals surface area contributed by atoms with Crippen LogP contribution in [0.15, 0.2) is 0 Å². The molecule has 0 fully saturated rings. The van der Waals surface area contributed by atoms with Crippen molar-refractivity contribution in [2.45, 2.75) is 19.4 Å². The number of nitrogens with zero attached hydrogens (tertiary/aromatic N) is 2. The number of nitriles is 1. The van der Waals surface area contributed by atoms with Crippen molar-refractivity contribution in [1.29, 1.82) is 5.26 Å². The highest BCUT2D eigenvalue weighted by Gasteiger charge is 2.00. The van der Waals surface area contributed by atoms with Crippen molar-refractivity contribution in [3.8, 4) is 6.07 Å². The molecule has 0 amide bonds. The molecule has 3 nitrogen and oxygen atoms in total. The second kappa shape index (κ2) is 6.14. The van der Waals surface area contributed by atoms with Crippen LogP contribution >= 0.6 is 0 Å². The molecule has 1 N–H and O–H groups in total. The molecule has 64 valence electrons. The lowest BCUT2D eigenvalue weighted by molar-refractivity contribution is 0.392. The monoisotopic (exact) mass is 155 g/mol. The fraction of sp³-hybridized carbons (Fsp3) is 0.875. The topological polar surface area (TPSA) is 39.1 Å². The Morgan fingerprint density at radius 2 is 2.18 bits per heavy atom. The fourth-order valence-corrected chi connectivity index (χ4v) is 0.744. The van der Waals surface area contributed by atoms with E-state index in [1.54, 1.807) is 0 Å². The normalized spacial score (nSPS) is 13.0. The Hall–Kier alpha value is -0.590. The third kappa shape index (κ3) is 5.84. The minimum Gasteiger partial charge on any atom is -0.308 e. The summed E-state index contributed by atoms with van der Waals surface area (Å²) in [6.07, 6.45) is 0.879. The van der Waals surface area contributed by atoms with Crippen LogP contribution in [-0.2, 0) is 0 Å². The summed E-state index contributed by atoms with van der Waals surface area (Å²) in [5.74, 6) is 0. The highest BCUT2D eigenvalue weighted by molar-refractivity contribution is 4.88. The molecule has 3 heteroatoms. The van der Waals surface area contributed by atoms with Gasteiger partial charge >= 0.3 is 0 Å². The molecular weight excluding hydrogens is 138 g/mol. The number of likely N-dealkylation sites (N-methyl/N-ethyl adjacent to an activating group) is 1. The van der Waals surface area contributed by atoms with E-state index in [4.69, 9.17) is 5.26 Å². The van der Waals surface area contributed by atoms with Crippen molar-refractivity contribution in [2.24, 2.45) is 0 Å². The molecule has 0 aliphatic rings. The first-order valence-electron chi connectivity index (χ1n) is 3.98. The minimum atomic E-state index is 0.0231. The molecule has 0 aliphatic carbocycles.